The van der Waals surface area contributed by atoms with Crippen molar-refractivity contribution in [2.24, 2.45) is 5.92 Å². The molecule has 1 aliphatic heterocycles. The molecule has 0 aliphatic carbocycles. The predicted octanol–water partition coefficient (Wildman–Crippen LogP) is 1.47. The Morgan fingerprint density at radius 3 is 3.14 bits per heavy atom. The van der Waals surface area contributed by atoms with Crippen molar-refractivity contribution >= 4 is 17.2 Å². The first kappa shape index (κ1) is 14.2. The normalized spacial score (nSPS) is 17.8. The van der Waals surface area contributed by atoms with Gasteiger partial charge in [0.1, 0.15) is 0 Å². The molecule has 6 heteroatoms. The lowest BCUT2D eigenvalue weighted by molar-refractivity contribution is -0.124. The molecule has 0 radical (unpaired) electrons. The van der Waals surface area contributed by atoms with Crippen LogP contribution >= 0.6 is 11.3 Å². The highest BCUT2D eigenvalue weighted by Gasteiger charge is 2.21. The maximum Gasteiger partial charge on any atom is 0.224 e. The number of carbonyl (C=O) groups is 1. The first-order chi connectivity index (χ1) is 10.3. The molecule has 2 aromatic heterocycles. The molecular weight excluding hydrogens is 284 g/mol. The highest BCUT2D eigenvalue weighted by molar-refractivity contribution is 7.09. The van der Waals surface area contributed by atoms with Crippen LogP contribution in [0.2, 0.25) is 0 Å². The monoisotopic (exact) mass is 302 g/mol. The molecule has 0 bridgehead atoms. The number of carbonyl (C=O) groups excluding carboxylic acids is 1. The van der Waals surface area contributed by atoms with Crippen LogP contribution in [0.5, 0.6) is 0 Å². The number of pyridine rings is 1. The van der Waals surface area contributed by atoms with E-state index >= 15 is 0 Å². The number of nitrogens with zero attached hydrogens (tertiary/aromatic N) is 2. The summed E-state index contributed by atoms with van der Waals surface area (Å²) in [6, 6.07) is 5.80. The molecule has 1 atom stereocenters. The summed E-state index contributed by atoms with van der Waals surface area (Å²) in [6.07, 6.45) is 3.47. The number of nitrogens with one attached hydrogen (secondary N) is 2. The van der Waals surface area contributed by atoms with Gasteiger partial charge in [0.15, 0.2) is 0 Å². The first-order valence-electron chi connectivity index (χ1n) is 7.17. The zero-order chi connectivity index (χ0) is 14.5. The summed E-state index contributed by atoms with van der Waals surface area (Å²) < 4.78 is 0. The summed E-state index contributed by atoms with van der Waals surface area (Å²) in [4.78, 5) is 20.7. The minimum absolute atomic E-state index is 0.130. The van der Waals surface area contributed by atoms with Crippen LogP contribution in [0.25, 0.3) is 11.4 Å². The maximum absolute atomic E-state index is 11.9. The Bertz CT molecular complexity index is 593. The molecule has 2 aromatic rings. The van der Waals surface area contributed by atoms with E-state index in [2.05, 4.69) is 20.6 Å². The second kappa shape index (κ2) is 6.78. The van der Waals surface area contributed by atoms with Crippen molar-refractivity contribution < 1.29 is 4.79 Å². The van der Waals surface area contributed by atoms with E-state index in [1.807, 2.05) is 23.6 Å². The van der Waals surface area contributed by atoms with E-state index < -0.39 is 0 Å². The molecule has 0 aromatic carbocycles. The highest BCUT2D eigenvalue weighted by atomic mass is 32.1. The molecule has 3 heterocycles. The Labute approximate surface area is 127 Å². The van der Waals surface area contributed by atoms with Crippen LogP contribution in [-0.4, -0.2) is 35.5 Å². The van der Waals surface area contributed by atoms with Gasteiger partial charge in [0, 0.05) is 31.1 Å². The average Bonchev–Trinajstić information content (AvgIpc) is 3.20. The van der Waals surface area contributed by atoms with E-state index in [0.29, 0.717) is 6.54 Å². The van der Waals surface area contributed by atoms with Gasteiger partial charge < -0.3 is 10.6 Å². The van der Waals surface area contributed by atoms with E-state index in [-0.39, 0.29) is 11.8 Å². The van der Waals surface area contributed by atoms with Crippen molar-refractivity contribution in [1.82, 2.24) is 20.6 Å². The molecule has 0 saturated carbocycles. The summed E-state index contributed by atoms with van der Waals surface area (Å²) in [5.74, 6) is 0.284. The fourth-order valence-electron chi connectivity index (χ4n) is 2.37. The summed E-state index contributed by atoms with van der Waals surface area (Å²) in [7, 11) is 0. The van der Waals surface area contributed by atoms with Crippen LogP contribution in [0.1, 0.15) is 11.4 Å². The van der Waals surface area contributed by atoms with E-state index in [9.17, 15) is 4.79 Å². The minimum Gasteiger partial charge on any atom is -0.355 e. The van der Waals surface area contributed by atoms with Crippen LogP contribution in [0, 0.1) is 5.92 Å². The van der Waals surface area contributed by atoms with E-state index in [4.69, 9.17) is 0 Å². The van der Waals surface area contributed by atoms with Gasteiger partial charge in [0.2, 0.25) is 5.91 Å². The number of rotatable bonds is 5. The molecule has 1 aliphatic rings. The molecule has 1 amide bonds. The Balaban J connectivity index is 1.50. The van der Waals surface area contributed by atoms with Gasteiger partial charge in [-0.05, 0) is 25.1 Å². The van der Waals surface area contributed by atoms with Gasteiger partial charge in [0.25, 0.3) is 0 Å². The van der Waals surface area contributed by atoms with Gasteiger partial charge in [-0.1, -0.05) is 6.07 Å². The second-order valence-electron chi connectivity index (χ2n) is 5.07. The third-order valence-corrected chi connectivity index (χ3v) is 4.46. The van der Waals surface area contributed by atoms with Crippen molar-refractivity contribution in [3.63, 3.8) is 0 Å². The zero-order valence-electron chi connectivity index (χ0n) is 11.7. The molecule has 5 nitrogen and oxygen atoms in total. The molecule has 110 valence electrons. The van der Waals surface area contributed by atoms with Crippen LogP contribution in [0.3, 0.4) is 0 Å². The molecule has 2 N–H and O–H groups in total. The van der Waals surface area contributed by atoms with Gasteiger partial charge in [-0.15, -0.1) is 11.3 Å². The number of amides is 1. The first-order valence-corrected chi connectivity index (χ1v) is 8.05. The van der Waals surface area contributed by atoms with Crippen LogP contribution < -0.4 is 10.6 Å². The third kappa shape index (κ3) is 3.65. The summed E-state index contributed by atoms with van der Waals surface area (Å²) in [5.41, 5.74) is 1.79. The molecule has 21 heavy (non-hydrogen) atoms. The fraction of sp³-hybridized carbons (Fsp3) is 0.400. The maximum atomic E-state index is 11.9. The Morgan fingerprint density at radius 2 is 2.38 bits per heavy atom. The summed E-state index contributed by atoms with van der Waals surface area (Å²) >= 11 is 1.61. The molecule has 1 unspecified atom stereocenters. The second-order valence-corrected chi connectivity index (χ2v) is 6.01. The lowest BCUT2D eigenvalue weighted by atomic mass is 10.1. The molecular formula is C15H18N4OS. The van der Waals surface area contributed by atoms with Crippen LogP contribution in [0.15, 0.2) is 29.8 Å². The third-order valence-electron chi connectivity index (χ3n) is 3.55. The molecule has 1 fully saturated rings. The van der Waals surface area contributed by atoms with Gasteiger partial charge in [-0.3, -0.25) is 9.78 Å². The largest absolute Gasteiger partial charge is 0.355 e. The quantitative estimate of drug-likeness (QED) is 0.878. The van der Waals surface area contributed by atoms with Crippen molar-refractivity contribution in [3.8, 4) is 11.4 Å². The van der Waals surface area contributed by atoms with Gasteiger partial charge >= 0.3 is 0 Å². The number of hydrogen-bond acceptors (Lipinski definition) is 5. The predicted molar refractivity (Wildman–Crippen MR) is 83.0 cm³/mol. The fourth-order valence-corrected chi connectivity index (χ4v) is 3.17. The van der Waals surface area contributed by atoms with Crippen molar-refractivity contribution in [2.75, 3.05) is 19.6 Å². The lowest BCUT2D eigenvalue weighted by Crippen LogP contribution is -2.33. The van der Waals surface area contributed by atoms with Crippen molar-refractivity contribution in [1.29, 1.82) is 0 Å². The molecule has 0 spiro atoms. The highest BCUT2D eigenvalue weighted by Crippen LogP contribution is 2.19. The topological polar surface area (TPSA) is 66.9 Å². The van der Waals surface area contributed by atoms with Crippen molar-refractivity contribution in [2.45, 2.75) is 12.8 Å². The zero-order valence-corrected chi connectivity index (χ0v) is 12.5. The Morgan fingerprint density at radius 1 is 1.43 bits per heavy atom. The number of hydrogen-bond donors (Lipinski definition) is 2. The van der Waals surface area contributed by atoms with Gasteiger partial charge in [-0.25, -0.2) is 4.98 Å². The van der Waals surface area contributed by atoms with E-state index in [1.165, 1.54) is 0 Å². The number of aromatic nitrogens is 2. The van der Waals surface area contributed by atoms with E-state index in [1.54, 1.807) is 17.5 Å². The summed E-state index contributed by atoms with van der Waals surface area (Å²) in [5, 5.41) is 9.24. The summed E-state index contributed by atoms with van der Waals surface area (Å²) in [6.45, 7) is 2.38. The van der Waals surface area contributed by atoms with E-state index in [0.717, 1.165) is 42.3 Å². The molecule has 3 rings (SSSR count). The SMILES string of the molecule is O=C(NCCc1nc(-c2ccccn2)cs1)C1CCNC1. The van der Waals surface area contributed by atoms with Crippen molar-refractivity contribution in [3.05, 3.63) is 34.8 Å². The smallest absolute Gasteiger partial charge is 0.224 e. The van der Waals surface area contributed by atoms with Gasteiger partial charge in [0.05, 0.1) is 22.3 Å². The minimum atomic E-state index is 0.130. The van der Waals surface area contributed by atoms with Gasteiger partial charge in [-0.2, -0.15) is 0 Å². The van der Waals surface area contributed by atoms with Crippen LogP contribution in [-0.2, 0) is 11.2 Å². The Kier molecular flexibility index (Phi) is 4.57. The standard InChI is InChI=1S/C15H18N4OS/c20-15(11-4-7-16-9-11)18-8-5-14-19-13(10-21-14)12-3-1-2-6-17-12/h1-3,6,10-11,16H,4-5,7-9H2,(H,18,20). The Hall–Kier alpha value is -1.79. The average molecular weight is 302 g/mol. The van der Waals surface area contributed by atoms with Crippen LogP contribution in [0.4, 0.5) is 0 Å². The molecule has 1 saturated heterocycles. The number of thiazole rings is 1. The lowest BCUT2D eigenvalue weighted by Gasteiger charge is -2.08.